The lowest BCUT2D eigenvalue weighted by molar-refractivity contribution is 0.377. The second-order valence-corrected chi connectivity index (χ2v) is 5.17. The molecule has 8 nitrogen and oxygen atoms in total. The van der Waals surface area contributed by atoms with Gasteiger partial charge in [0.2, 0.25) is 15.9 Å². The van der Waals surface area contributed by atoms with Crippen LogP contribution in [0.5, 0.6) is 0 Å². The van der Waals surface area contributed by atoms with Gasteiger partial charge in [-0.3, -0.25) is 0 Å². The minimum atomic E-state index is -3.60. The van der Waals surface area contributed by atoms with Crippen LogP contribution in [0.2, 0.25) is 0 Å². The van der Waals surface area contributed by atoms with Crippen LogP contribution in [-0.2, 0) is 16.4 Å². The third-order valence-electron chi connectivity index (χ3n) is 2.10. The van der Waals surface area contributed by atoms with Gasteiger partial charge in [-0.2, -0.15) is 4.98 Å². The lowest BCUT2D eigenvalue weighted by Crippen LogP contribution is -2.26. The summed E-state index contributed by atoms with van der Waals surface area (Å²) in [6, 6.07) is 2.65. The summed E-state index contributed by atoms with van der Waals surface area (Å²) < 4.78 is 30.9. The summed E-state index contributed by atoms with van der Waals surface area (Å²) in [7, 11) is -3.60. The first kappa shape index (κ1) is 12.5. The number of hydrogen-bond donors (Lipinski definition) is 2. The highest BCUT2D eigenvalue weighted by Crippen LogP contribution is 2.09. The molecule has 0 aliphatic rings. The molecule has 0 spiro atoms. The summed E-state index contributed by atoms with van der Waals surface area (Å²) in [5.74, 6) is 0.515. The van der Waals surface area contributed by atoms with Crippen LogP contribution in [0.4, 0.5) is 5.82 Å². The average Bonchev–Trinajstić information content (AvgIpc) is 2.82. The van der Waals surface area contributed by atoms with Crippen LogP contribution < -0.4 is 10.5 Å². The largest absolute Gasteiger partial charge is 0.384 e. The van der Waals surface area contributed by atoms with E-state index in [-0.39, 0.29) is 17.3 Å². The van der Waals surface area contributed by atoms with Gasteiger partial charge >= 0.3 is 0 Å². The van der Waals surface area contributed by atoms with Gasteiger partial charge in [-0.25, -0.2) is 18.1 Å². The molecule has 3 N–H and O–H groups in total. The zero-order valence-electron chi connectivity index (χ0n) is 9.28. The first-order valence-electron chi connectivity index (χ1n) is 5.05. The van der Waals surface area contributed by atoms with Crippen LogP contribution in [0.3, 0.4) is 0 Å². The molecule has 0 atom stereocenters. The molecular formula is C9H11N5O3S. The summed E-state index contributed by atoms with van der Waals surface area (Å²) in [4.78, 5) is 7.58. The molecule has 2 heterocycles. The van der Waals surface area contributed by atoms with Crippen LogP contribution in [-0.4, -0.2) is 30.1 Å². The van der Waals surface area contributed by atoms with Gasteiger partial charge in [0, 0.05) is 25.2 Å². The van der Waals surface area contributed by atoms with Crippen LogP contribution in [0, 0.1) is 0 Å². The summed E-state index contributed by atoms with van der Waals surface area (Å²) in [6.45, 7) is 0.159. The number of anilines is 1. The Bertz CT molecular complexity index is 611. The van der Waals surface area contributed by atoms with Gasteiger partial charge in [0.1, 0.15) is 5.82 Å². The van der Waals surface area contributed by atoms with Gasteiger partial charge in [0.15, 0.2) is 6.33 Å². The Morgan fingerprint density at radius 1 is 1.39 bits per heavy atom. The van der Waals surface area contributed by atoms with Gasteiger partial charge in [-0.15, -0.1) is 0 Å². The molecule has 0 saturated carbocycles. The quantitative estimate of drug-likeness (QED) is 0.754. The molecular weight excluding hydrogens is 258 g/mol. The SMILES string of the molecule is Nc1cc(S(=O)(=O)NCCc2ncno2)ccn1. The number of nitrogens with one attached hydrogen (secondary N) is 1. The number of aromatic nitrogens is 3. The fourth-order valence-corrected chi connectivity index (χ4v) is 2.33. The number of pyridine rings is 1. The Hall–Kier alpha value is -2.00. The molecule has 2 aromatic heterocycles. The number of rotatable bonds is 5. The Morgan fingerprint density at radius 3 is 2.89 bits per heavy atom. The summed E-state index contributed by atoms with van der Waals surface area (Å²) in [5.41, 5.74) is 5.42. The smallest absolute Gasteiger partial charge is 0.240 e. The van der Waals surface area contributed by atoms with Gasteiger partial charge in [-0.1, -0.05) is 5.16 Å². The number of nitrogen functional groups attached to an aromatic ring is 1. The molecule has 0 saturated heterocycles. The highest BCUT2D eigenvalue weighted by Gasteiger charge is 2.14. The topological polar surface area (TPSA) is 124 Å². The van der Waals surface area contributed by atoms with Crippen LogP contribution in [0.25, 0.3) is 0 Å². The standard InChI is InChI=1S/C9H11N5O3S/c10-8-5-7(1-3-11-8)18(15,16)14-4-2-9-12-6-13-17-9/h1,3,5-6,14H,2,4H2,(H2,10,11). The monoisotopic (exact) mass is 269 g/mol. The maximum absolute atomic E-state index is 11.9. The summed E-state index contributed by atoms with van der Waals surface area (Å²) in [6.07, 6.45) is 2.91. The fourth-order valence-electron chi connectivity index (χ4n) is 1.28. The average molecular weight is 269 g/mol. The summed E-state index contributed by atoms with van der Waals surface area (Å²) >= 11 is 0. The van der Waals surface area contributed by atoms with E-state index in [2.05, 4.69) is 19.8 Å². The van der Waals surface area contributed by atoms with Crippen molar-refractivity contribution in [2.45, 2.75) is 11.3 Å². The zero-order valence-corrected chi connectivity index (χ0v) is 10.1. The lowest BCUT2D eigenvalue weighted by Gasteiger charge is -2.05. The highest BCUT2D eigenvalue weighted by molar-refractivity contribution is 7.89. The van der Waals surface area contributed by atoms with E-state index < -0.39 is 10.0 Å². The molecule has 0 unspecified atom stereocenters. The molecule has 2 aromatic rings. The number of hydrogen-bond acceptors (Lipinski definition) is 7. The Kier molecular flexibility index (Phi) is 3.53. The van der Waals surface area contributed by atoms with Crippen LogP contribution in [0.15, 0.2) is 34.1 Å². The van der Waals surface area contributed by atoms with Crippen molar-refractivity contribution < 1.29 is 12.9 Å². The molecule has 0 fully saturated rings. The van der Waals surface area contributed by atoms with Gasteiger partial charge in [-0.05, 0) is 6.07 Å². The van der Waals surface area contributed by atoms with Crippen molar-refractivity contribution in [3.8, 4) is 0 Å². The molecule has 9 heteroatoms. The third kappa shape index (κ3) is 3.02. The molecule has 0 amide bonds. The second kappa shape index (κ2) is 5.10. The lowest BCUT2D eigenvalue weighted by atomic mass is 10.4. The first-order valence-corrected chi connectivity index (χ1v) is 6.53. The predicted molar refractivity (Wildman–Crippen MR) is 61.8 cm³/mol. The maximum atomic E-state index is 11.9. The van der Waals surface area contributed by atoms with E-state index in [0.717, 1.165) is 0 Å². The van der Waals surface area contributed by atoms with E-state index in [0.29, 0.717) is 12.3 Å². The van der Waals surface area contributed by atoms with Gasteiger partial charge in [0.05, 0.1) is 4.90 Å². The van der Waals surface area contributed by atoms with E-state index in [1.165, 1.54) is 24.7 Å². The molecule has 0 radical (unpaired) electrons. The highest BCUT2D eigenvalue weighted by atomic mass is 32.2. The first-order chi connectivity index (χ1) is 8.58. The van der Waals surface area contributed by atoms with E-state index in [1.54, 1.807) is 0 Å². The molecule has 0 aliphatic heterocycles. The number of sulfonamides is 1. The van der Waals surface area contributed by atoms with Crippen molar-refractivity contribution in [1.29, 1.82) is 0 Å². The summed E-state index contributed by atoms with van der Waals surface area (Å²) in [5, 5.41) is 3.42. The normalized spacial score (nSPS) is 11.6. The molecule has 96 valence electrons. The number of nitrogens with two attached hydrogens (primary N) is 1. The molecule has 2 rings (SSSR count). The zero-order chi connectivity index (χ0) is 13.0. The van der Waals surface area contributed by atoms with Crippen molar-refractivity contribution in [2.75, 3.05) is 12.3 Å². The van der Waals surface area contributed by atoms with Crippen LogP contribution in [0.1, 0.15) is 5.89 Å². The Morgan fingerprint density at radius 2 is 2.22 bits per heavy atom. The Balaban J connectivity index is 1.99. The van der Waals surface area contributed by atoms with E-state index >= 15 is 0 Å². The van der Waals surface area contributed by atoms with Gasteiger partial charge < -0.3 is 10.3 Å². The minimum Gasteiger partial charge on any atom is -0.384 e. The number of nitrogens with zero attached hydrogens (tertiary/aromatic N) is 3. The van der Waals surface area contributed by atoms with E-state index in [1.807, 2.05) is 0 Å². The Labute approximate surface area is 103 Å². The third-order valence-corrected chi connectivity index (χ3v) is 3.56. The van der Waals surface area contributed by atoms with Gasteiger partial charge in [0.25, 0.3) is 0 Å². The molecule has 0 bridgehead atoms. The van der Waals surface area contributed by atoms with Crippen LogP contribution >= 0.6 is 0 Å². The molecule has 0 aliphatic carbocycles. The van der Waals surface area contributed by atoms with Crippen molar-refractivity contribution >= 4 is 15.8 Å². The molecule has 0 aromatic carbocycles. The van der Waals surface area contributed by atoms with Crippen molar-refractivity contribution in [3.63, 3.8) is 0 Å². The molecule has 18 heavy (non-hydrogen) atoms. The fraction of sp³-hybridized carbons (Fsp3) is 0.222. The van der Waals surface area contributed by atoms with E-state index in [4.69, 9.17) is 10.3 Å². The van der Waals surface area contributed by atoms with Crippen molar-refractivity contribution in [1.82, 2.24) is 19.8 Å². The minimum absolute atomic E-state index is 0.0699. The van der Waals surface area contributed by atoms with E-state index in [9.17, 15) is 8.42 Å². The second-order valence-electron chi connectivity index (χ2n) is 3.40. The van der Waals surface area contributed by atoms with Crippen molar-refractivity contribution in [3.05, 3.63) is 30.5 Å². The predicted octanol–water partition coefficient (Wildman–Crippen LogP) is -0.432. The maximum Gasteiger partial charge on any atom is 0.240 e. The van der Waals surface area contributed by atoms with Crippen molar-refractivity contribution in [2.24, 2.45) is 0 Å².